The first-order chi connectivity index (χ1) is 9.20. The van der Waals surface area contributed by atoms with Crippen LogP contribution in [0.15, 0.2) is 36.4 Å². The van der Waals surface area contributed by atoms with Crippen molar-refractivity contribution in [2.45, 2.75) is 46.2 Å². The third kappa shape index (κ3) is 3.92. The molecule has 0 saturated heterocycles. The molecule has 0 bridgehead atoms. The van der Waals surface area contributed by atoms with E-state index in [1.165, 1.54) is 33.7 Å². The van der Waals surface area contributed by atoms with Crippen LogP contribution in [0, 0.1) is 13.8 Å². The molecule has 0 aliphatic carbocycles. The highest BCUT2D eigenvalue weighted by molar-refractivity contribution is 7.12. The van der Waals surface area contributed by atoms with Crippen LogP contribution in [0.25, 0.3) is 0 Å². The quantitative estimate of drug-likeness (QED) is 0.781. The van der Waals surface area contributed by atoms with Gasteiger partial charge >= 0.3 is 0 Å². The molecule has 102 valence electrons. The van der Waals surface area contributed by atoms with Crippen LogP contribution in [0.1, 0.15) is 46.7 Å². The smallest absolute Gasteiger partial charge is 0.0323 e. The molecule has 0 amide bonds. The van der Waals surface area contributed by atoms with Gasteiger partial charge in [-0.25, -0.2) is 0 Å². The molecule has 1 atom stereocenters. The molecule has 2 heteroatoms. The van der Waals surface area contributed by atoms with Crippen LogP contribution in [-0.4, -0.2) is 0 Å². The lowest BCUT2D eigenvalue weighted by Gasteiger charge is -2.18. The summed E-state index contributed by atoms with van der Waals surface area (Å²) in [6.45, 7) is 7.61. The Hall–Kier alpha value is -1.12. The monoisotopic (exact) mass is 273 g/mol. The Kier molecular flexibility index (Phi) is 5.17. The molecule has 0 aliphatic heterocycles. The molecule has 1 nitrogen and oxygen atoms in total. The van der Waals surface area contributed by atoms with Gasteiger partial charge in [-0.05, 0) is 37.5 Å². The number of thiophene rings is 1. The van der Waals surface area contributed by atoms with Crippen molar-refractivity contribution in [2.75, 3.05) is 0 Å². The Morgan fingerprint density at radius 1 is 1.16 bits per heavy atom. The first kappa shape index (κ1) is 14.3. The average molecular weight is 273 g/mol. The highest BCUT2D eigenvalue weighted by atomic mass is 32.1. The fourth-order valence-corrected chi connectivity index (χ4v) is 3.33. The average Bonchev–Trinajstić information content (AvgIpc) is 2.75. The van der Waals surface area contributed by atoms with E-state index in [1.807, 2.05) is 11.3 Å². The summed E-state index contributed by atoms with van der Waals surface area (Å²) in [6, 6.07) is 13.5. The van der Waals surface area contributed by atoms with Crippen molar-refractivity contribution in [3.63, 3.8) is 0 Å². The van der Waals surface area contributed by atoms with Crippen LogP contribution in [0.4, 0.5) is 0 Å². The van der Waals surface area contributed by atoms with Crippen LogP contribution in [-0.2, 0) is 6.54 Å². The van der Waals surface area contributed by atoms with E-state index in [9.17, 15) is 0 Å². The second-order valence-corrected chi connectivity index (χ2v) is 6.43. The number of benzene rings is 1. The minimum atomic E-state index is 0.467. The van der Waals surface area contributed by atoms with Gasteiger partial charge in [0.25, 0.3) is 0 Å². The van der Waals surface area contributed by atoms with Gasteiger partial charge < -0.3 is 5.32 Å². The van der Waals surface area contributed by atoms with E-state index in [2.05, 4.69) is 62.5 Å². The van der Waals surface area contributed by atoms with E-state index in [1.54, 1.807) is 0 Å². The van der Waals surface area contributed by atoms with Crippen LogP contribution >= 0.6 is 11.3 Å². The van der Waals surface area contributed by atoms with Gasteiger partial charge in [-0.3, -0.25) is 0 Å². The summed E-state index contributed by atoms with van der Waals surface area (Å²) in [7, 11) is 0. The van der Waals surface area contributed by atoms with Gasteiger partial charge in [0.1, 0.15) is 0 Å². The number of aryl methyl sites for hydroxylation is 2. The standard InChI is InChI=1S/C17H23NS/c1-4-8-17(15-9-6-5-7-10-15)18-12-16-11-13(2)14(3)19-16/h5-7,9-11,17-18H,4,8,12H2,1-3H3. The minimum absolute atomic E-state index is 0.467. The molecule has 1 heterocycles. The third-order valence-corrected chi connectivity index (χ3v) is 4.67. The minimum Gasteiger partial charge on any atom is -0.305 e. The van der Waals surface area contributed by atoms with Gasteiger partial charge in [-0.2, -0.15) is 0 Å². The zero-order chi connectivity index (χ0) is 13.7. The molecular formula is C17H23NS. The maximum atomic E-state index is 3.70. The van der Waals surface area contributed by atoms with Crippen LogP contribution in [0.5, 0.6) is 0 Å². The van der Waals surface area contributed by atoms with Crippen molar-refractivity contribution in [3.05, 3.63) is 57.3 Å². The first-order valence-electron chi connectivity index (χ1n) is 7.05. The lowest BCUT2D eigenvalue weighted by atomic mass is 10.0. The normalized spacial score (nSPS) is 12.6. The van der Waals surface area contributed by atoms with Gasteiger partial charge in [0.15, 0.2) is 0 Å². The van der Waals surface area contributed by atoms with E-state index >= 15 is 0 Å². The zero-order valence-corrected chi connectivity index (χ0v) is 12.9. The van der Waals surface area contributed by atoms with Gasteiger partial charge in [0, 0.05) is 22.3 Å². The van der Waals surface area contributed by atoms with Crippen molar-refractivity contribution in [3.8, 4) is 0 Å². The zero-order valence-electron chi connectivity index (χ0n) is 12.1. The topological polar surface area (TPSA) is 12.0 Å². The largest absolute Gasteiger partial charge is 0.305 e. The van der Waals surface area contributed by atoms with Gasteiger partial charge in [0.05, 0.1) is 0 Å². The van der Waals surface area contributed by atoms with Crippen molar-refractivity contribution in [1.29, 1.82) is 0 Å². The highest BCUT2D eigenvalue weighted by Crippen LogP contribution is 2.23. The fraction of sp³-hybridized carbons (Fsp3) is 0.412. The molecule has 1 aromatic carbocycles. The molecule has 0 spiro atoms. The van der Waals surface area contributed by atoms with Crippen molar-refractivity contribution >= 4 is 11.3 Å². The molecular weight excluding hydrogens is 250 g/mol. The molecule has 2 aromatic rings. The van der Waals surface area contributed by atoms with E-state index < -0.39 is 0 Å². The molecule has 19 heavy (non-hydrogen) atoms. The van der Waals surface area contributed by atoms with Gasteiger partial charge in [0.2, 0.25) is 0 Å². The summed E-state index contributed by atoms with van der Waals surface area (Å²) in [5.41, 5.74) is 2.81. The Morgan fingerprint density at radius 2 is 1.89 bits per heavy atom. The lowest BCUT2D eigenvalue weighted by Crippen LogP contribution is -2.20. The van der Waals surface area contributed by atoms with E-state index in [0.29, 0.717) is 6.04 Å². The molecule has 0 aliphatic rings. The van der Waals surface area contributed by atoms with Gasteiger partial charge in [-0.15, -0.1) is 11.3 Å². The molecule has 0 radical (unpaired) electrons. The number of rotatable bonds is 6. The molecule has 0 saturated carbocycles. The molecule has 1 unspecified atom stereocenters. The van der Waals surface area contributed by atoms with E-state index in [0.717, 1.165) is 6.54 Å². The van der Waals surface area contributed by atoms with Crippen molar-refractivity contribution in [2.24, 2.45) is 0 Å². The molecule has 0 fully saturated rings. The second kappa shape index (κ2) is 6.88. The first-order valence-corrected chi connectivity index (χ1v) is 7.86. The number of hydrogen-bond donors (Lipinski definition) is 1. The summed E-state index contributed by atoms with van der Waals surface area (Å²) < 4.78 is 0. The predicted octanol–water partition coefficient (Wildman–Crippen LogP) is 5.00. The number of nitrogens with one attached hydrogen (secondary N) is 1. The molecule has 2 rings (SSSR count). The summed E-state index contributed by atoms with van der Waals surface area (Å²) in [5.74, 6) is 0. The Labute approximate surface area is 120 Å². The summed E-state index contributed by atoms with van der Waals surface area (Å²) in [4.78, 5) is 2.87. The molecule has 1 N–H and O–H groups in total. The maximum absolute atomic E-state index is 3.70. The van der Waals surface area contributed by atoms with Crippen LogP contribution in [0.3, 0.4) is 0 Å². The fourth-order valence-electron chi connectivity index (χ4n) is 2.32. The van der Waals surface area contributed by atoms with Gasteiger partial charge in [-0.1, -0.05) is 43.7 Å². The van der Waals surface area contributed by atoms with Crippen LogP contribution in [0.2, 0.25) is 0 Å². The number of hydrogen-bond acceptors (Lipinski definition) is 2. The summed E-state index contributed by atoms with van der Waals surface area (Å²) >= 11 is 1.91. The SMILES string of the molecule is CCCC(NCc1cc(C)c(C)s1)c1ccccc1. The predicted molar refractivity (Wildman–Crippen MR) is 84.7 cm³/mol. The Balaban J connectivity index is 2.01. The third-order valence-electron chi connectivity index (χ3n) is 3.52. The van der Waals surface area contributed by atoms with E-state index in [-0.39, 0.29) is 0 Å². The highest BCUT2D eigenvalue weighted by Gasteiger charge is 2.10. The van der Waals surface area contributed by atoms with Crippen molar-refractivity contribution in [1.82, 2.24) is 5.32 Å². The Morgan fingerprint density at radius 3 is 2.47 bits per heavy atom. The Bertz CT molecular complexity index is 482. The lowest BCUT2D eigenvalue weighted by molar-refractivity contribution is 0.496. The van der Waals surface area contributed by atoms with E-state index in [4.69, 9.17) is 0 Å². The maximum Gasteiger partial charge on any atom is 0.0323 e. The summed E-state index contributed by atoms with van der Waals surface area (Å²) in [6.07, 6.45) is 2.39. The van der Waals surface area contributed by atoms with Crippen LogP contribution < -0.4 is 5.32 Å². The van der Waals surface area contributed by atoms with Crippen molar-refractivity contribution < 1.29 is 0 Å². The molecule has 1 aromatic heterocycles. The summed E-state index contributed by atoms with van der Waals surface area (Å²) in [5, 5.41) is 3.70. The second-order valence-electron chi connectivity index (χ2n) is 5.08.